The molecule has 0 saturated carbocycles. The third kappa shape index (κ3) is 3.54. The SMILES string of the molecule is NC(N)=[NH+]CC[NH+]1CCOCC1. The van der Waals surface area contributed by atoms with Crippen LogP contribution in [0.1, 0.15) is 0 Å². The Hall–Kier alpha value is -0.810. The Morgan fingerprint density at radius 3 is 2.58 bits per heavy atom. The summed E-state index contributed by atoms with van der Waals surface area (Å²) in [6, 6.07) is 0. The van der Waals surface area contributed by atoms with Gasteiger partial charge in [0.15, 0.2) is 0 Å². The summed E-state index contributed by atoms with van der Waals surface area (Å²) in [4.78, 5) is 4.45. The van der Waals surface area contributed by atoms with Crippen LogP contribution in [0.4, 0.5) is 0 Å². The van der Waals surface area contributed by atoms with Gasteiger partial charge in [-0.15, -0.1) is 0 Å². The minimum atomic E-state index is 0.308. The fraction of sp³-hybridized carbons (Fsp3) is 0.857. The molecule has 0 spiro atoms. The van der Waals surface area contributed by atoms with Gasteiger partial charge in [-0.3, -0.25) is 16.5 Å². The van der Waals surface area contributed by atoms with E-state index in [2.05, 4.69) is 4.99 Å². The topological polar surface area (TPSA) is 79.7 Å². The van der Waals surface area contributed by atoms with Crippen molar-refractivity contribution in [1.82, 2.24) is 0 Å². The molecular formula is C7H18N4O+2. The Morgan fingerprint density at radius 2 is 2.00 bits per heavy atom. The largest absolute Gasteiger partial charge is 0.370 e. The van der Waals surface area contributed by atoms with Gasteiger partial charge < -0.3 is 9.64 Å². The fourth-order valence-corrected chi connectivity index (χ4v) is 1.29. The Bertz CT molecular complexity index is 149. The molecule has 0 atom stereocenters. The van der Waals surface area contributed by atoms with Crippen LogP contribution >= 0.6 is 0 Å². The molecule has 0 aromatic carbocycles. The first-order valence-corrected chi connectivity index (χ1v) is 4.32. The molecule has 1 aliphatic rings. The molecule has 0 aliphatic carbocycles. The lowest BCUT2D eigenvalue weighted by Gasteiger charge is -2.22. The van der Waals surface area contributed by atoms with Gasteiger partial charge in [0.2, 0.25) is 0 Å². The molecule has 6 N–H and O–H groups in total. The van der Waals surface area contributed by atoms with Crippen molar-refractivity contribution in [2.24, 2.45) is 11.5 Å². The summed E-state index contributed by atoms with van der Waals surface area (Å²) in [6.07, 6.45) is 0. The first kappa shape index (κ1) is 9.28. The van der Waals surface area contributed by atoms with Gasteiger partial charge in [0.25, 0.3) is 0 Å². The molecule has 70 valence electrons. The normalized spacial score (nSPS) is 19.0. The third-order valence-electron chi connectivity index (χ3n) is 2.01. The summed E-state index contributed by atoms with van der Waals surface area (Å²) in [5.74, 6) is 0.308. The van der Waals surface area contributed by atoms with E-state index < -0.39 is 0 Å². The standard InChI is InChI=1S/C7H16N4O/c8-7(9)10-1-2-11-3-5-12-6-4-11/h1-6H2,(H4,8,9,10)/p+2. The number of nitrogens with two attached hydrogens (primary N) is 2. The molecule has 0 bridgehead atoms. The van der Waals surface area contributed by atoms with Gasteiger partial charge in [-0.2, -0.15) is 0 Å². The first-order valence-electron chi connectivity index (χ1n) is 4.32. The number of nitrogens with one attached hydrogen (secondary N) is 2. The molecule has 1 aliphatic heterocycles. The third-order valence-corrected chi connectivity index (χ3v) is 2.01. The number of ether oxygens (including phenoxy) is 1. The average molecular weight is 174 g/mol. The summed E-state index contributed by atoms with van der Waals surface area (Å²) in [5, 5.41) is 0. The van der Waals surface area contributed by atoms with Crippen LogP contribution in [0.2, 0.25) is 0 Å². The summed E-state index contributed by atoms with van der Waals surface area (Å²) in [6.45, 7) is 5.82. The van der Waals surface area contributed by atoms with E-state index in [9.17, 15) is 0 Å². The molecular weight excluding hydrogens is 156 g/mol. The van der Waals surface area contributed by atoms with Gasteiger partial charge in [0.05, 0.1) is 13.2 Å². The maximum absolute atomic E-state index is 5.26. The van der Waals surface area contributed by atoms with Crippen LogP contribution in [0.5, 0.6) is 0 Å². The lowest BCUT2D eigenvalue weighted by atomic mass is 10.4. The number of quaternary nitrogens is 1. The van der Waals surface area contributed by atoms with Crippen molar-refractivity contribution in [2.75, 3.05) is 39.4 Å². The van der Waals surface area contributed by atoms with Crippen molar-refractivity contribution in [3.05, 3.63) is 0 Å². The Morgan fingerprint density at radius 1 is 1.33 bits per heavy atom. The molecule has 1 heterocycles. The zero-order valence-corrected chi connectivity index (χ0v) is 7.31. The predicted molar refractivity (Wildman–Crippen MR) is 45.6 cm³/mol. The van der Waals surface area contributed by atoms with Gasteiger partial charge in [0, 0.05) is 0 Å². The summed E-state index contributed by atoms with van der Waals surface area (Å²) in [5.41, 5.74) is 10.5. The van der Waals surface area contributed by atoms with Gasteiger partial charge in [0.1, 0.15) is 26.2 Å². The van der Waals surface area contributed by atoms with Crippen LogP contribution < -0.4 is 21.4 Å². The Labute approximate surface area is 72.4 Å². The smallest absolute Gasteiger partial charge is 0.338 e. The predicted octanol–water partition coefficient (Wildman–Crippen LogP) is -4.74. The summed E-state index contributed by atoms with van der Waals surface area (Å²) < 4.78 is 5.23. The minimum absolute atomic E-state index is 0.308. The van der Waals surface area contributed by atoms with Gasteiger partial charge in [-0.1, -0.05) is 0 Å². The van der Waals surface area contributed by atoms with Crippen LogP contribution in [0.25, 0.3) is 0 Å². The second-order valence-electron chi connectivity index (χ2n) is 2.99. The van der Waals surface area contributed by atoms with Crippen molar-refractivity contribution in [2.45, 2.75) is 0 Å². The van der Waals surface area contributed by atoms with Crippen molar-refractivity contribution < 1.29 is 14.6 Å². The molecule has 12 heavy (non-hydrogen) atoms. The van der Waals surface area contributed by atoms with E-state index in [-0.39, 0.29) is 0 Å². The van der Waals surface area contributed by atoms with E-state index in [1.165, 1.54) is 0 Å². The van der Waals surface area contributed by atoms with E-state index in [1.54, 1.807) is 4.90 Å². The zero-order valence-electron chi connectivity index (χ0n) is 7.31. The lowest BCUT2D eigenvalue weighted by molar-refractivity contribution is -0.914. The number of rotatable bonds is 3. The highest BCUT2D eigenvalue weighted by Crippen LogP contribution is 1.73. The number of hydrogen-bond donors (Lipinski definition) is 4. The Balaban J connectivity index is 2.09. The molecule has 1 fully saturated rings. The van der Waals surface area contributed by atoms with Crippen LogP contribution in [-0.2, 0) is 4.74 Å². The van der Waals surface area contributed by atoms with Crippen LogP contribution in [0, 0.1) is 0 Å². The molecule has 0 unspecified atom stereocenters. The highest BCUT2D eigenvalue weighted by molar-refractivity contribution is 5.69. The summed E-state index contributed by atoms with van der Waals surface area (Å²) in [7, 11) is 0. The molecule has 5 nitrogen and oxygen atoms in total. The van der Waals surface area contributed by atoms with Crippen LogP contribution in [0.15, 0.2) is 0 Å². The van der Waals surface area contributed by atoms with Crippen molar-refractivity contribution in [3.8, 4) is 0 Å². The molecule has 5 heteroatoms. The molecule has 1 rings (SSSR count). The maximum Gasteiger partial charge on any atom is 0.338 e. The monoisotopic (exact) mass is 174 g/mol. The second-order valence-corrected chi connectivity index (χ2v) is 2.99. The van der Waals surface area contributed by atoms with E-state index in [4.69, 9.17) is 16.2 Å². The van der Waals surface area contributed by atoms with Gasteiger partial charge >= 0.3 is 5.96 Å². The van der Waals surface area contributed by atoms with Crippen LogP contribution in [-0.4, -0.2) is 45.4 Å². The second kappa shape index (κ2) is 4.95. The van der Waals surface area contributed by atoms with Crippen molar-refractivity contribution >= 4 is 5.96 Å². The van der Waals surface area contributed by atoms with Gasteiger partial charge in [-0.25, -0.2) is 0 Å². The first-order chi connectivity index (χ1) is 5.79. The quantitative estimate of drug-likeness (QED) is 0.256. The average Bonchev–Trinajstić information content (AvgIpc) is 2.05. The molecule has 0 aromatic heterocycles. The molecule has 0 radical (unpaired) electrons. The Kier molecular flexibility index (Phi) is 3.83. The van der Waals surface area contributed by atoms with Crippen molar-refractivity contribution in [1.29, 1.82) is 0 Å². The van der Waals surface area contributed by atoms with E-state index in [0.717, 1.165) is 39.4 Å². The molecule has 1 saturated heterocycles. The molecule has 0 aromatic rings. The number of guanidine groups is 1. The summed E-state index contributed by atoms with van der Waals surface area (Å²) >= 11 is 0. The highest BCUT2D eigenvalue weighted by atomic mass is 16.5. The highest BCUT2D eigenvalue weighted by Gasteiger charge is 2.12. The van der Waals surface area contributed by atoms with Crippen molar-refractivity contribution in [3.63, 3.8) is 0 Å². The van der Waals surface area contributed by atoms with Crippen LogP contribution in [0.3, 0.4) is 0 Å². The minimum Gasteiger partial charge on any atom is -0.370 e. The number of hydrogen-bond acceptors (Lipinski definition) is 1. The maximum atomic E-state index is 5.26. The van der Waals surface area contributed by atoms with E-state index >= 15 is 0 Å². The fourth-order valence-electron chi connectivity index (χ4n) is 1.29. The zero-order chi connectivity index (χ0) is 8.81. The molecule has 0 amide bonds. The van der Waals surface area contributed by atoms with E-state index in [1.807, 2.05) is 0 Å². The lowest BCUT2D eigenvalue weighted by Crippen LogP contribution is -3.16. The number of morpholine rings is 1. The van der Waals surface area contributed by atoms with Gasteiger partial charge in [-0.05, 0) is 0 Å². The van der Waals surface area contributed by atoms with E-state index in [0.29, 0.717) is 5.96 Å².